The van der Waals surface area contributed by atoms with Gasteiger partial charge in [0.1, 0.15) is 24.8 Å². The molecule has 6 nitrogen and oxygen atoms in total. The van der Waals surface area contributed by atoms with Crippen LogP contribution in [0.15, 0.2) is 47.6 Å². The van der Waals surface area contributed by atoms with Crippen molar-refractivity contribution in [1.29, 1.82) is 0 Å². The first-order valence-corrected chi connectivity index (χ1v) is 7.73. The first-order valence-electron chi connectivity index (χ1n) is 7.73. The Balaban J connectivity index is 1.55. The van der Waals surface area contributed by atoms with E-state index in [9.17, 15) is 9.18 Å². The molecule has 2 aromatic rings. The molecule has 0 aliphatic carbocycles. The summed E-state index contributed by atoms with van der Waals surface area (Å²) in [5.41, 5.74) is 3.85. The highest BCUT2D eigenvalue weighted by Gasteiger charge is 2.12. The molecule has 7 heteroatoms. The summed E-state index contributed by atoms with van der Waals surface area (Å²) in [7, 11) is 0. The molecule has 0 radical (unpaired) electrons. The molecule has 25 heavy (non-hydrogen) atoms. The number of nitrogens with zero attached hydrogens (tertiary/aromatic N) is 1. The molecule has 3 rings (SSSR count). The van der Waals surface area contributed by atoms with Crippen molar-refractivity contribution in [3.63, 3.8) is 0 Å². The van der Waals surface area contributed by atoms with Gasteiger partial charge in [-0.2, -0.15) is 5.10 Å². The Morgan fingerprint density at radius 2 is 1.88 bits per heavy atom. The number of nitrogens with one attached hydrogen (secondary N) is 1. The van der Waals surface area contributed by atoms with Crippen LogP contribution in [0.4, 0.5) is 4.39 Å². The number of ether oxygens (including phenoxy) is 3. The van der Waals surface area contributed by atoms with E-state index in [1.54, 1.807) is 6.92 Å². The lowest BCUT2D eigenvalue weighted by Crippen LogP contribution is -2.25. The van der Waals surface area contributed by atoms with Gasteiger partial charge >= 0.3 is 0 Å². The Labute approximate surface area is 144 Å². The molecule has 1 aliphatic rings. The monoisotopic (exact) mass is 344 g/mol. The van der Waals surface area contributed by atoms with Crippen LogP contribution < -0.4 is 19.6 Å². The van der Waals surface area contributed by atoms with Gasteiger partial charge in [-0.25, -0.2) is 9.82 Å². The molecule has 0 spiro atoms. The molecule has 1 aliphatic heterocycles. The van der Waals surface area contributed by atoms with E-state index < -0.39 is 5.91 Å². The maximum absolute atomic E-state index is 12.8. The summed E-state index contributed by atoms with van der Waals surface area (Å²) in [6.07, 6.45) is 0. The fourth-order valence-corrected chi connectivity index (χ4v) is 2.19. The second-order valence-corrected chi connectivity index (χ2v) is 5.33. The van der Waals surface area contributed by atoms with Gasteiger partial charge in [0, 0.05) is 5.56 Å². The lowest BCUT2D eigenvalue weighted by Gasteiger charge is -2.18. The van der Waals surface area contributed by atoms with E-state index in [1.165, 1.54) is 24.3 Å². The molecule has 0 aromatic heterocycles. The number of hydrazone groups is 1. The van der Waals surface area contributed by atoms with Gasteiger partial charge in [0.15, 0.2) is 18.1 Å². The Morgan fingerprint density at radius 1 is 1.16 bits per heavy atom. The van der Waals surface area contributed by atoms with E-state index in [0.717, 1.165) is 5.56 Å². The van der Waals surface area contributed by atoms with E-state index in [1.807, 2.05) is 18.2 Å². The Morgan fingerprint density at radius 3 is 2.64 bits per heavy atom. The first-order chi connectivity index (χ1) is 12.1. The number of hydrogen-bond acceptors (Lipinski definition) is 5. The highest BCUT2D eigenvalue weighted by atomic mass is 19.1. The minimum atomic E-state index is -0.416. The zero-order valence-electron chi connectivity index (χ0n) is 13.6. The van der Waals surface area contributed by atoms with Gasteiger partial charge in [-0.3, -0.25) is 4.79 Å². The highest BCUT2D eigenvalue weighted by Crippen LogP contribution is 2.30. The molecule has 1 amide bonds. The fraction of sp³-hybridized carbons (Fsp3) is 0.222. The summed E-state index contributed by atoms with van der Waals surface area (Å²) in [6, 6.07) is 10.9. The van der Waals surface area contributed by atoms with Crippen LogP contribution >= 0.6 is 0 Å². The van der Waals surface area contributed by atoms with Crippen molar-refractivity contribution in [2.24, 2.45) is 5.10 Å². The largest absolute Gasteiger partial charge is 0.486 e. The molecule has 0 fully saturated rings. The maximum Gasteiger partial charge on any atom is 0.277 e. The van der Waals surface area contributed by atoms with Crippen molar-refractivity contribution in [1.82, 2.24) is 5.43 Å². The lowest BCUT2D eigenvalue weighted by atomic mass is 10.1. The van der Waals surface area contributed by atoms with E-state index in [-0.39, 0.29) is 12.4 Å². The van der Waals surface area contributed by atoms with Crippen LogP contribution in [-0.2, 0) is 4.79 Å². The quantitative estimate of drug-likeness (QED) is 0.668. The number of halogens is 1. The average Bonchev–Trinajstić information content (AvgIpc) is 2.65. The number of benzene rings is 2. The Hall–Kier alpha value is -3.09. The predicted molar refractivity (Wildman–Crippen MR) is 89.7 cm³/mol. The third-order valence-electron chi connectivity index (χ3n) is 3.49. The van der Waals surface area contributed by atoms with Crippen LogP contribution in [0, 0.1) is 5.82 Å². The minimum absolute atomic E-state index is 0.219. The number of rotatable bonds is 5. The van der Waals surface area contributed by atoms with Gasteiger partial charge < -0.3 is 14.2 Å². The molecule has 2 aromatic carbocycles. The topological polar surface area (TPSA) is 69.2 Å². The fourth-order valence-electron chi connectivity index (χ4n) is 2.19. The molecule has 0 saturated carbocycles. The molecule has 0 saturated heterocycles. The SMILES string of the molecule is CC(=NNC(=O)COc1ccc(F)cc1)c1ccc2c(c1)OCCO2. The second kappa shape index (κ2) is 7.65. The summed E-state index contributed by atoms with van der Waals surface area (Å²) >= 11 is 0. The van der Waals surface area contributed by atoms with Crippen LogP contribution in [0.5, 0.6) is 17.2 Å². The Kier molecular flexibility index (Phi) is 5.13. The first kappa shape index (κ1) is 16.8. The van der Waals surface area contributed by atoms with E-state index in [2.05, 4.69) is 10.5 Å². The number of fused-ring (bicyclic) bond motifs is 1. The number of amides is 1. The zero-order chi connectivity index (χ0) is 17.6. The van der Waals surface area contributed by atoms with Gasteiger partial charge in [-0.05, 0) is 49.4 Å². The van der Waals surface area contributed by atoms with Gasteiger partial charge in [0.25, 0.3) is 5.91 Å². The van der Waals surface area contributed by atoms with Crippen LogP contribution in [0.1, 0.15) is 12.5 Å². The number of carbonyl (C=O) groups excluding carboxylic acids is 1. The summed E-state index contributed by atoms with van der Waals surface area (Å²) in [6.45, 7) is 2.59. The van der Waals surface area contributed by atoms with Crippen LogP contribution in [0.25, 0.3) is 0 Å². The van der Waals surface area contributed by atoms with Crippen LogP contribution in [0.2, 0.25) is 0 Å². The van der Waals surface area contributed by atoms with Gasteiger partial charge in [0.2, 0.25) is 0 Å². The molecule has 0 bridgehead atoms. The molecule has 0 atom stereocenters. The lowest BCUT2D eigenvalue weighted by molar-refractivity contribution is -0.123. The third kappa shape index (κ3) is 4.47. The number of carbonyl (C=O) groups is 1. The predicted octanol–water partition coefficient (Wildman–Crippen LogP) is 2.52. The molecule has 130 valence electrons. The zero-order valence-corrected chi connectivity index (χ0v) is 13.6. The molecule has 0 unspecified atom stereocenters. The normalized spacial score (nSPS) is 13.3. The van der Waals surface area contributed by atoms with Gasteiger partial charge in [-0.15, -0.1) is 0 Å². The average molecular weight is 344 g/mol. The van der Waals surface area contributed by atoms with Crippen molar-refractivity contribution < 1.29 is 23.4 Å². The summed E-state index contributed by atoms with van der Waals surface area (Å²) in [5.74, 6) is 0.977. The van der Waals surface area contributed by atoms with E-state index >= 15 is 0 Å². The van der Waals surface area contributed by atoms with Crippen molar-refractivity contribution >= 4 is 11.6 Å². The Bertz CT molecular complexity index is 790. The molecule has 1 N–H and O–H groups in total. The summed E-state index contributed by atoms with van der Waals surface area (Å²) in [5, 5.41) is 4.05. The van der Waals surface area contributed by atoms with Gasteiger partial charge in [-0.1, -0.05) is 0 Å². The molecular weight excluding hydrogens is 327 g/mol. The summed E-state index contributed by atoms with van der Waals surface area (Å²) < 4.78 is 29.0. The van der Waals surface area contributed by atoms with Crippen molar-refractivity contribution in [3.8, 4) is 17.2 Å². The maximum atomic E-state index is 12.8. The minimum Gasteiger partial charge on any atom is -0.486 e. The highest BCUT2D eigenvalue weighted by molar-refractivity contribution is 5.99. The van der Waals surface area contributed by atoms with Crippen molar-refractivity contribution in [2.75, 3.05) is 19.8 Å². The number of hydrogen-bond donors (Lipinski definition) is 1. The van der Waals surface area contributed by atoms with Crippen molar-refractivity contribution in [2.45, 2.75) is 6.92 Å². The van der Waals surface area contributed by atoms with Crippen LogP contribution in [0.3, 0.4) is 0 Å². The standard InChI is InChI=1S/C18H17FN2O4/c1-12(13-2-7-16-17(10-13)24-9-8-23-16)20-21-18(22)11-25-15-5-3-14(19)4-6-15/h2-7,10H,8-9,11H2,1H3,(H,21,22). The summed E-state index contributed by atoms with van der Waals surface area (Å²) in [4.78, 5) is 11.8. The molecular formula is C18H17FN2O4. The van der Waals surface area contributed by atoms with E-state index in [4.69, 9.17) is 14.2 Å². The van der Waals surface area contributed by atoms with Crippen molar-refractivity contribution in [3.05, 3.63) is 53.8 Å². The second-order valence-electron chi connectivity index (χ2n) is 5.33. The molecule has 1 heterocycles. The van der Waals surface area contributed by atoms with Gasteiger partial charge in [0.05, 0.1) is 5.71 Å². The third-order valence-corrected chi connectivity index (χ3v) is 3.49. The van der Waals surface area contributed by atoms with Crippen LogP contribution in [-0.4, -0.2) is 31.4 Å². The van der Waals surface area contributed by atoms with E-state index in [0.29, 0.717) is 36.2 Å². The smallest absolute Gasteiger partial charge is 0.277 e.